The zero-order valence-corrected chi connectivity index (χ0v) is 19.1. The van der Waals surface area contributed by atoms with Crippen LogP contribution in [0.4, 0.5) is 8.78 Å². The summed E-state index contributed by atoms with van der Waals surface area (Å²) in [5, 5.41) is 19.9. The Balaban J connectivity index is 1.33. The molecule has 1 unspecified atom stereocenters. The molecule has 0 radical (unpaired) electrons. The summed E-state index contributed by atoms with van der Waals surface area (Å²) in [6.07, 6.45) is 4.16. The maximum absolute atomic E-state index is 14.7. The first kappa shape index (κ1) is 23.3. The van der Waals surface area contributed by atoms with Crippen molar-refractivity contribution in [2.75, 3.05) is 0 Å². The molecule has 0 fully saturated rings. The van der Waals surface area contributed by atoms with Crippen LogP contribution in [-0.2, 0) is 25.3 Å². The number of hydrogen-bond donors (Lipinski definition) is 1. The molecule has 0 bridgehead atoms. The first-order valence-corrected chi connectivity index (χ1v) is 11.2. The summed E-state index contributed by atoms with van der Waals surface area (Å²) in [6, 6.07) is 20.2. The highest BCUT2D eigenvalue weighted by molar-refractivity contribution is 5.55. The summed E-state index contributed by atoms with van der Waals surface area (Å²) in [7, 11) is 0. The van der Waals surface area contributed by atoms with Gasteiger partial charge in [0.05, 0.1) is 13.1 Å². The van der Waals surface area contributed by atoms with Crippen LogP contribution in [-0.4, -0.2) is 34.6 Å². The van der Waals surface area contributed by atoms with Crippen molar-refractivity contribution >= 4 is 0 Å². The Kier molecular flexibility index (Phi) is 6.50. The zero-order valence-electron chi connectivity index (χ0n) is 19.1. The van der Waals surface area contributed by atoms with Crippen LogP contribution in [0.5, 0.6) is 5.75 Å². The number of ether oxygens (including phenoxy) is 1. The van der Waals surface area contributed by atoms with E-state index < -0.39 is 17.2 Å². The number of hydrogen-bond acceptors (Lipinski definition) is 6. The minimum atomic E-state index is -1.80. The van der Waals surface area contributed by atoms with Gasteiger partial charge in [0.15, 0.2) is 5.82 Å². The Morgan fingerprint density at radius 2 is 1.67 bits per heavy atom. The largest absolute Gasteiger partial charge is 0.489 e. The zero-order chi connectivity index (χ0) is 25.0. The Bertz CT molecular complexity index is 1420. The molecule has 1 N–H and O–H groups in total. The molecule has 0 saturated heterocycles. The van der Waals surface area contributed by atoms with Gasteiger partial charge in [-0.3, -0.25) is 0 Å². The second-order valence-corrected chi connectivity index (χ2v) is 8.31. The van der Waals surface area contributed by atoms with Crippen LogP contribution in [0.3, 0.4) is 0 Å². The lowest BCUT2D eigenvalue weighted by Gasteiger charge is -2.28. The van der Waals surface area contributed by atoms with Gasteiger partial charge in [-0.25, -0.2) is 28.1 Å². The van der Waals surface area contributed by atoms with Crippen LogP contribution in [0.2, 0.25) is 0 Å². The van der Waals surface area contributed by atoms with Crippen molar-refractivity contribution in [2.24, 2.45) is 0 Å². The molecule has 0 amide bonds. The van der Waals surface area contributed by atoms with Gasteiger partial charge < -0.3 is 9.84 Å². The van der Waals surface area contributed by atoms with Crippen molar-refractivity contribution in [3.8, 4) is 17.1 Å². The van der Waals surface area contributed by atoms with Gasteiger partial charge in [0, 0.05) is 17.2 Å². The summed E-state index contributed by atoms with van der Waals surface area (Å²) >= 11 is 0. The standard InChI is InChI=1S/C26H22F2N6O2/c27-21-8-11-23(24(28)12-21)26(35,14-33-17-29-16-31-33)15-34-18-30-25(32-34)20-6-9-22(10-7-20)36-13-19-4-2-1-3-5-19/h1-12,16-18,35H,13-15H2. The first-order valence-electron chi connectivity index (χ1n) is 11.2. The predicted octanol–water partition coefficient (Wildman–Crippen LogP) is 3.98. The summed E-state index contributed by atoms with van der Waals surface area (Å²) in [5.41, 5.74) is -0.0751. The molecule has 5 aromatic rings. The molecule has 8 nitrogen and oxygen atoms in total. The summed E-state index contributed by atoms with van der Waals surface area (Å²) in [4.78, 5) is 8.20. The molecule has 0 aliphatic heterocycles. The van der Waals surface area contributed by atoms with Crippen LogP contribution < -0.4 is 4.74 Å². The van der Waals surface area contributed by atoms with Crippen LogP contribution in [0.1, 0.15) is 11.1 Å². The lowest BCUT2D eigenvalue weighted by atomic mass is 9.93. The van der Waals surface area contributed by atoms with Crippen LogP contribution in [0.25, 0.3) is 11.4 Å². The molecule has 182 valence electrons. The van der Waals surface area contributed by atoms with Crippen LogP contribution >= 0.6 is 0 Å². The smallest absolute Gasteiger partial charge is 0.181 e. The molecule has 0 aliphatic carbocycles. The number of rotatable bonds is 9. The van der Waals surface area contributed by atoms with Gasteiger partial charge in [-0.1, -0.05) is 36.4 Å². The molecule has 2 heterocycles. The molecule has 0 spiro atoms. The van der Waals surface area contributed by atoms with Crippen molar-refractivity contribution in [1.82, 2.24) is 29.5 Å². The van der Waals surface area contributed by atoms with Crippen molar-refractivity contribution in [1.29, 1.82) is 0 Å². The minimum absolute atomic E-state index is 0.0867. The lowest BCUT2D eigenvalue weighted by Crippen LogP contribution is -2.37. The maximum Gasteiger partial charge on any atom is 0.181 e. The van der Waals surface area contributed by atoms with Crippen LogP contribution in [0, 0.1) is 11.6 Å². The second-order valence-electron chi connectivity index (χ2n) is 8.31. The predicted molar refractivity (Wildman–Crippen MR) is 127 cm³/mol. The third-order valence-electron chi connectivity index (χ3n) is 5.64. The highest BCUT2D eigenvalue weighted by atomic mass is 19.1. The van der Waals surface area contributed by atoms with Crippen molar-refractivity contribution in [3.05, 3.63) is 115 Å². The van der Waals surface area contributed by atoms with Crippen LogP contribution in [0.15, 0.2) is 91.8 Å². The minimum Gasteiger partial charge on any atom is -0.489 e. The monoisotopic (exact) mass is 488 g/mol. The number of nitrogens with zero attached hydrogens (tertiary/aromatic N) is 6. The molecular formula is C26H22F2N6O2. The summed E-state index contributed by atoms with van der Waals surface area (Å²) < 4.78 is 36.8. The molecule has 0 aliphatic rings. The Labute approximate surface area is 205 Å². The number of aliphatic hydroxyl groups is 1. The van der Waals surface area contributed by atoms with Crippen molar-refractivity contribution in [2.45, 2.75) is 25.3 Å². The molecular weight excluding hydrogens is 466 g/mol. The normalized spacial score (nSPS) is 12.9. The van der Waals surface area contributed by atoms with E-state index in [9.17, 15) is 13.9 Å². The molecule has 10 heteroatoms. The van der Waals surface area contributed by atoms with Gasteiger partial charge in [-0.15, -0.1) is 0 Å². The fourth-order valence-corrected chi connectivity index (χ4v) is 3.88. The second kappa shape index (κ2) is 10.0. The first-order chi connectivity index (χ1) is 17.5. The van der Waals surface area contributed by atoms with Crippen molar-refractivity contribution < 1.29 is 18.6 Å². The summed E-state index contributed by atoms with van der Waals surface area (Å²) in [6.45, 7) is 0.177. The lowest BCUT2D eigenvalue weighted by molar-refractivity contribution is -0.00850. The number of aromatic nitrogens is 6. The van der Waals surface area contributed by atoms with Gasteiger partial charge in [-0.2, -0.15) is 10.2 Å². The van der Waals surface area contributed by atoms with E-state index in [4.69, 9.17) is 4.74 Å². The summed E-state index contributed by atoms with van der Waals surface area (Å²) in [5.74, 6) is -0.481. The average Bonchev–Trinajstić information content (AvgIpc) is 3.56. The third kappa shape index (κ3) is 5.28. The maximum atomic E-state index is 14.7. The molecule has 3 aromatic carbocycles. The average molecular weight is 488 g/mol. The van der Waals surface area contributed by atoms with E-state index in [2.05, 4.69) is 20.2 Å². The number of halogens is 2. The topological polar surface area (TPSA) is 90.9 Å². The SMILES string of the molecule is OC(Cn1cncn1)(Cn1cnc(-c2ccc(OCc3ccccc3)cc2)n1)c1ccc(F)cc1F. The van der Waals surface area contributed by atoms with Gasteiger partial charge in [0.1, 0.15) is 48.6 Å². The van der Waals surface area contributed by atoms with Gasteiger partial charge >= 0.3 is 0 Å². The van der Waals surface area contributed by atoms with E-state index in [1.165, 1.54) is 34.4 Å². The van der Waals surface area contributed by atoms with Crippen molar-refractivity contribution in [3.63, 3.8) is 0 Å². The quantitative estimate of drug-likeness (QED) is 0.338. The van der Waals surface area contributed by atoms with E-state index >= 15 is 0 Å². The Morgan fingerprint density at radius 1 is 0.889 bits per heavy atom. The van der Waals surface area contributed by atoms with E-state index in [-0.39, 0.29) is 18.7 Å². The fourth-order valence-electron chi connectivity index (χ4n) is 3.88. The van der Waals surface area contributed by atoms with E-state index in [0.717, 1.165) is 23.3 Å². The van der Waals surface area contributed by atoms with E-state index in [1.54, 1.807) is 0 Å². The highest BCUT2D eigenvalue weighted by Crippen LogP contribution is 2.29. The van der Waals surface area contributed by atoms with Gasteiger partial charge in [0.2, 0.25) is 0 Å². The fraction of sp³-hybridized carbons (Fsp3) is 0.154. The van der Waals surface area contributed by atoms with Gasteiger partial charge in [-0.05, 0) is 35.9 Å². The molecule has 1 atom stereocenters. The Hall–Kier alpha value is -4.44. The third-order valence-corrected chi connectivity index (χ3v) is 5.64. The van der Waals surface area contributed by atoms with Gasteiger partial charge in [0.25, 0.3) is 0 Å². The Morgan fingerprint density at radius 3 is 2.39 bits per heavy atom. The number of benzene rings is 3. The highest BCUT2D eigenvalue weighted by Gasteiger charge is 2.34. The van der Waals surface area contributed by atoms with E-state index in [0.29, 0.717) is 18.2 Å². The molecule has 2 aromatic heterocycles. The van der Waals surface area contributed by atoms with E-state index in [1.807, 2.05) is 54.6 Å². The molecule has 36 heavy (non-hydrogen) atoms. The molecule has 0 saturated carbocycles. The molecule has 5 rings (SSSR count).